The molecule has 30 heavy (non-hydrogen) atoms. The summed E-state index contributed by atoms with van der Waals surface area (Å²) in [6, 6.07) is 11.4. The summed E-state index contributed by atoms with van der Waals surface area (Å²) in [5.41, 5.74) is 1.14. The van der Waals surface area contributed by atoms with E-state index in [-0.39, 0.29) is 36.6 Å². The molecule has 2 heterocycles. The molecule has 1 fully saturated rings. The lowest BCUT2D eigenvalue weighted by Crippen LogP contribution is -2.41. The largest absolute Gasteiger partial charge is 0.334 e. The molecule has 1 amide bonds. The van der Waals surface area contributed by atoms with Crippen LogP contribution in [-0.4, -0.2) is 40.7 Å². The number of carbonyl (C=O) groups is 2. The number of rotatable bonds is 7. The van der Waals surface area contributed by atoms with Crippen molar-refractivity contribution in [1.82, 2.24) is 15.2 Å². The first-order valence-corrected chi connectivity index (χ1v) is 10.2. The Balaban J connectivity index is 0.00000320. The fourth-order valence-electron chi connectivity index (χ4n) is 3.80. The van der Waals surface area contributed by atoms with Crippen LogP contribution in [0.3, 0.4) is 0 Å². The number of aromatic nitrogens is 1. The Bertz CT molecular complexity index is 826. The highest BCUT2D eigenvalue weighted by molar-refractivity contribution is 5.99. The van der Waals surface area contributed by atoms with E-state index in [0.29, 0.717) is 12.1 Å². The maximum Gasteiger partial charge on any atom is 0.223 e. The normalized spacial score (nSPS) is 17.3. The van der Waals surface area contributed by atoms with E-state index in [1.807, 2.05) is 23.1 Å². The lowest BCUT2D eigenvalue weighted by atomic mass is 9.95. The minimum Gasteiger partial charge on any atom is -0.334 e. The van der Waals surface area contributed by atoms with Gasteiger partial charge in [0.2, 0.25) is 5.91 Å². The highest BCUT2D eigenvalue weighted by Crippen LogP contribution is 2.21. The van der Waals surface area contributed by atoms with Crippen LogP contribution in [0.1, 0.15) is 48.7 Å². The minimum absolute atomic E-state index is 0. The van der Waals surface area contributed by atoms with E-state index in [9.17, 15) is 14.0 Å². The van der Waals surface area contributed by atoms with Crippen LogP contribution < -0.4 is 5.32 Å². The number of hydrogen-bond acceptors (Lipinski definition) is 4. The SMILES string of the molecule is CC(CC(=O)N(Cc1ccccn1)C1CCCNCC1)C(=O)c1cccc(F)c1.Cl. The zero-order chi connectivity index (χ0) is 20.6. The molecule has 2 atom stereocenters. The summed E-state index contributed by atoms with van der Waals surface area (Å²) < 4.78 is 13.5. The molecule has 0 bridgehead atoms. The van der Waals surface area contributed by atoms with Gasteiger partial charge in [0.05, 0.1) is 12.2 Å². The van der Waals surface area contributed by atoms with E-state index >= 15 is 0 Å². The van der Waals surface area contributed by atoms with Gasteiger partial charge >= 0.3 is 0 Å². The number of carbonyl (C=O) groups excluding carboxylic acids is 2. The lowest BCUT2D eigenvalue weighted by Gasteiger charge is -2.32. The molecule has 1 aromatic heterocycles. The van der Waals surface area contributed by atoms with Gasteiger partial charge in [-0.2, -0.15) is 0 Å². The number of amides is 1. The predicted octanol–water partition coefficient (Wildman–Crippen LogP) is 4.02. The van der Waals surface area contributed by atoms with Crippen LogP contribution in [0.5, 0.6) is 0 Å². The zero-order valence-corrected chi connectivity index (χ0v) is 18.0. The molecule has 0 aliphatic carbocycles. The molecule has 0 spiro atoms. The summed E-state index contributed by atoms with van der Waals surface area (Å²) in [7, 11) is 0. The van der Waals surface area contributed by atoms with Gasteiger partial charge < -0.3 is 10.2 Å². The summed E-state index contributed by atoms with van der Waals surface area (Å²) in [5.74, 6) is -1.23. The maximum atomic E-state index is 13.5. The Morgan fingerprint density at radius 2 is 2.03 bits per heavy atom. The molecule has 2 unspecified atom stereocenters. The van der Waals surface area contributed by atoms with Crippen LogP contribution in [0.25, 0.3) is 0 Å². The van der Waals surface area contributed by atoms with Crippen molar-refractivity contribution < 1.29 is 14.0 Å². The molecule has 162 valence electrons. The topological polar surface area (TPSA) is 62.3 Å². The van der Waals surface area contributed by atoms with Gasteiger partial charge in [0.15, 0.2) is 5.78 Å². The summed E-state index contributed by atoms with van der Waals surface area (Å²) in [6.45, 7) is 4.00. The molecule has 1 N–H and O–H groups in total. The molecule has 1 aliphatic rings. The van der Waals surface area contributed by atoms with E-state index < -0.39 is 11.7 Å². The number of Topliss-reactive ketones (excluding diaryl/α,β-unsaturated/α-hetero) is 1. The van der Waals surface area contributed by atoms with E-state index in [4.69, 9.17) is 0 Å². The third-order valence-electron chi connectivity index (χ3n) is 5.40. The first-order chi connectivity index (χ1) is 14.0. The van der Waals surface area contributed by atoms with Crippen LogP contribution in [0.15, 0.2) is 48.7 Å². The van der Waals surface area contributed by atoms with Gasteiger partial charge in [0, 0.05) is 30.1 Å². The summed E-state index contributed by atoms with van der Waals surface area (Å²) in [6.07, 6.45) is 4.64. The molecule has 1 saturated heterocycles. The third kappa shape index (κ3) is 6.61. The van der Waals surface area contributed by atoms with Crippen molar-refractivity contribution in [3.8, 4) is 0 Å². The molecule has 7 heteroatoms. The zero-order valence-electron chi connectivity index (χ0n) is 17.2. The average Bonchev–Trinajstić information content (AvgIpc) is 3.01. The number of benzene rings is 1. The Morgan fingerprint density at radius 3 is 2.77 bits per heavy atom. The quantitative estimate of drug-likeness (QED) is 0.670. The smallest absolute Gasteiger partial charge is 0.223 e. The third-order valence-corrected chi connectivity index (χ3v) is 5.40. The van der Waals surface area contributed by atoms with E-state index in [1.54, 1.807) is 19.2 Å². The highest BCUT2D eigenvalue weighted by Gasteiger charge is 2.28. The standard InChI is InChI=1S/C23H28FN3O2.ClH/c1-17(23(29)18-6-4-7-19(24)15-18)14-22(28)27(16-20-8-2-3-12-26-20)21-9-5-11-25-13-10-21;/h2-4,6-8,12,15,17,21,25H,5,9-11,13-14,16H2,1H3;1H. The van der Waals surface area contributed by atoms with Crippen molar-refractivity contribution in [1.29, 1.82) is 0 Å². The van der Waals surface area contributed by atoms with Gasteiger partial charge in [-0.15, -0.1) is 12.4 Å². The maximum absolute atomic E-state index is 13.5. The van der Waals surface area contributed by atoms with Crippen molar-refractivity contribution in [3.05, 3.63) is 65.7 Å². The Hall–Kier alpha value is -2.31. The van der Waals surface area contributed by atoms with Crippen molar-refractivity contribution in [2.24, 2.45) is 5.92 Å². The van der Waals surface area contributed by atoms with Gasteiger partial charge in [0.1, 0.15) is 5.82 Å². The number of ketones is 1. The monoisotopic (exact) mass is 433 g/mol. The van der Waals surface area contributed by atoms with Gasteiger partial charge in [-0.1, -0.05) is 25.1 Å². The van der Waals surface area contributed by atoms with Gasteiger partial charge in [0.25, 0.3) is 0 Å². The molecule has 0 saturated carbocycles. The Labute approximate surface area is 183 Å². The molecular formula is C23H29ClFN3O2. The van der Waals surface area contributed by atoms with Crippen LogP contribution in [0.4, 0.5) is 4.39 Å². The molecule has 1 aliphatic heterocycles. The Kier molecular flexibility index (Phi) is 9.40. The van der Waals surface area contributed by atoms with Crippen LogP contribution in [0, 0.1) is 11.7 Å². The van der Waals surface area contributed by atoms with Gasteiger partial charge in [-0.25, -0.2) is 4.39 Å². The van der Waals surface area contributed by atoms with Crippen LogP contribution >= 0.6 is 12.4 Å². The first kappa shape index (κ1) is 24.0. The number of hydrogen-bond donors (Lipinski definition) is 1. The second-order valence-electron chi connectivity index (χ2n) is 7.66. The minimum atomic E-state index is -0.514. The summed E-state index contributed by atoms with van der Waals surface area (Å²) >= 11 is 0. The first-order valence-electron chi connectivity index (χ1n) is 10.2. The fraction of sp³-hybridized carbons (Fsp3) is 0.435. The second kappa shape index (κ2) is 11.8. The van der Waals surface area contributed by atoms with Crippen LogP contribution in [0.2, 0.25) is 0 Å². The molecule has 1 aromatic carbocycles. The molecular weight excluding hydrogens is 405 g/mol. The van der Waals surface area contributed by atoms with E-state index in [0.717, 1.165) is 38.0 Å². The fourth-order valence-corrected chi connectivity index (χ4v) is 3.80. The van der Waals surface area contributed by atoms with Gasteiger partial charge in [-0.3, -0.25) is 14.6 Å². The molecule has 2 aromatic rings. The van der Waals surface area contributed by atoms with Crippen molar-refractivity contribution in [2.45, 2.75) is 45.2 Å². The number of nitrogens with one attached hydrogen (secondary N) is 1. The van der Waals surface area contributed by atoms with Crippen molar-refractivity contribution in [2.75, 3.05) is 13.1 Å². The predicted molar refractivity (Wildman–Crippen MR) is 117 cm³/mol. The van der Waals surface area contributed by atoms with Gasteiger partial charge in [-0.05, 0) is 56.6 Å². The highest BCUT2D eigenvalue weighted by atomic mass is 35.5. The number of nitrogens with zero attached hydrogens (tertiary/aromatic N) is 2. The Morgan fingerprint density at radius 1 is 1.20 bits per heavy atom. The van der Waals surface area contributed by atoms with Crippen LogP contribution in [-0.2, 0) is 11.3 Å². The van der Waals surface area contributed by atoms with E-state index in [1.165, 1.54) is 18.2 Å². The van der Waals surface area contributed by atoms with E-state index in [2.05, 4.69) is 10.3 Å². The number of pyridine rings is 1. The average molecular weight is 434 g/mol. The summed E-state index contributed by atoms with van der Waals surface area (Å²) in [5, 5.41) is 3.38. The molecule has 0 radical (unpaired) electrons. The second-order valence-corrected chi connectivity index (χ2v) is 7.66. The summed E-state index contributed by atoms with van der Waals surface area (Å²) in [4.78, 5) is 32.2. The lowest BCUT2D eigenvalue weighted by molar-refractivity contribution is -0.135. The molecule has 5 nitrogen and oxygen atoms in total. The van der Waals surface area contributed by atoms with Crippen molar-refractivity contribution in [3.63, 3.8) is 0 Å². The molecule has 3 rings (SSSR count). The number of halogens is 2. The van der Waals surface area contributed by atoms with Crippen molar-refractivity contribution >= 4 is 24.1 Å².